The second-order valence-electron chi connectivity index (χ2n) is 3.67. The molecule has 2 N–H and O–H groups in total. The molecule has 0 bridgehead atoms. The van der Waals surface area contributed by atoms with E-state index in [1.54, 1.807) is 19.3 Å². The fraction of sp³-hybridized carbons (Fsp3) is 0.556. The van der Waals surface area contributed by atoms with Crippen molar-refractivity contribution >= 4 is 23.4 Å². The number of hydrogen-bond acceptors (Lipinski definition) is 3. The molecule has 0 unspecified atom stereocenters. The van der Waals surface area contributed by atoms with E-state index in [9.17, 15) is 4.21 Å². The van der Waals surface area contributed by atoms with Gasteiger partial charge >= 0.3 is 0 Å². The van der Waals surface area contributed by atoms with Crippen LogP contribution in [0.25, 0.3) is 0 Å². The molecular weight excluding hydrogens is 198 g/mol. The van der Waals surface area contributed by atoms with Crippen molar-refractivity contribution in [2.45, 2.75) is 25.5 Å². The molecule has 0 aromatic carbocycles. The van der Waals surface area contributed by atoms with Crippen LogP contribution in [0.15, 0.2) is 21.2 Å². The SMILES string of the molecule is CN=CC=C(N)C=N[S@](=O)C(C)(C)C. The topological polar surface area (TPSA) is 67.8 Å². The lowest BCUT2D eigenvalue weighted by molar-refractivity contribution is 0.651. The maximum Gasteiger partial charge on any atom is 0.144 e. The van der Waals surface area contributed by atoms with Gasteiger partial charge in [-0.2, -0.15) is 4.40 Å². The van der Waals surface area contributed by atoms with E-state index < -0.39 is 11.0 Å². The van der Waals surface area contributed by atoms with E-state index in [1.807, 2.05) is 20.8 Å². The molecule has 0 saturated heterocycles. The van der Waals surface area contributed by atoms with Gasteiger partial charge in [0.1, 0.15) is 11.0 Å². The summed E-state index contributed by atoms with van der Waals surface area (Å²) in [6.07, 6.45) is 4.55. The van der Waals surface area contributed by atoms with Gasteiger partial charge in [0.05, 0.1) is 16.7 Å². The van der Waals surface area contributed by atoms with Gasteiger partial charge in [0.25, 0.3) is 0 Å². The molecule has 5 heteroatoms. The Labute approximate surface area is 87.6 Å². The third-order valence-electron chi connectivity index (χ3n) is 1.24. The Bertz CT molecular complexity index is 287. The predicted molar refractivity (Wildman–Crippen MR) is 63.1 cm³/mol. The fourth-order valence-electron chi connectivity index (χ4n) is 0.470. The summed E-state index contributed by atoms with van der Waals surface area (Å²) in [5.41, 5.74) is 5.98. The summed E-state index contributed by atoms with van der Waals surface area (Å²) in [6, 6.07) is 0. The molecular formula is C9H17N3OS. The number of nitrogens with zero attached hydrogens (tertiary/aromatic N) is 2. The third kappa shape index (κ3) is 5.64. The van der Waals surface area contributed by atoms with E-state index in [2.05, 4.69) is 9.39 Å². The number of nitrogens with two attached hydrogens (primary N) is 1. The summed E-state index contributed by atoms with van der Waals surface area (Å²) in [7, 11) is 0.388. The molecule has 0 aromatic heterocycles. The van der Waals surface area contributed by atoms with Gasteiger partial charge in [-0.3, -0.25) is 4.99 Å². The maximum atomic E-state index is 11.4. The first kappa shape index (κ1) is 13.0. The highest BCUT2D eigenvalue weighted by molar-refractivity contribution is 7.85. The van der Waals surface area contributed by atoms with E-state index >= 15 is 0 Å². The van der Waals surface area contributed by atoms with Gasteiger partial charge in [0, 0.05) is 13.3 Å². The molecule has 0 aliphatic rings. The lowest BCUT2D eigenvalue weighted by Crippen LogP contribution is -2.20. The van der Waals surface area contributed by atoms with Crippen LogP contribution in [-0.2, 0) is 11.0 Å². The first-order valence-corrected chi connectivity index (χ1v) is 5.32. The summed E-state index contributed by atoms with van der Waals surface area (Å²) in [5, 5.41) is 0. The molecule has 0 aromatic rings. The van der Waals surface area contributed by atoms with Crippen LogP contribution in [0.4, 0.5) is 0 Å². The molecule has 0 heterocycles. The number of rotatable bonds is 3. The largest absolute Gasteiger partial charge is 0.397 e. The highest BCUT2D eigenvalue weighted by Crippen LogP contribution is 2.11. The molecule has 1 atom stereocenters. The minimum atomic E-state index is -1.26. The number of allylic oxidation sites excluding steroid dienone is 2. The normalized spacial score (nSPS) is 16.7. The average Bonchev–Trinajstić information content (AvgIpc) is 2.09. The van der Waals surface area contributed by atoms with Crippen molar-refractivity contribution < 1.29 is 4.21 Å². The van der Waals surface area contributed by atoms with Crippen molar-refractivity contribution in [2.75, 3.05) is 7.05 Å². The molecule has 0 aliphatic carbocycles. The van der Waals surface area contributed by atoms with Gasteiger partial charge in [0.2, 0.25) is 0 Å². The Kier molecular flexibility index (Phi) is 5.30. The molecule has 0 aliphatic heterocycles. The summed E-state index contributed by atoms with van der Waals surface area (Å²) in [5.74, 6) is 0. The molecule has 0 amide bonds. The van der Waals surface area contributed by atoms with Crippen LogP contribution in [0.2, 0.25) is 0 Å². The first-order chi connectivity index (χ1) is 6.38. The van der Waals surface area contributed by atoms with Gasteiger partial charge in [-0.15, -0.1) is 0 Å². The predicted octanol–water partition coefficient (Wildman–Crippen LogP) is 1.06. The van der Waals surface area contributed by atoms with Crippen LogP contribution >= 0.6 is 0 Å². The Morgan fingerprint density at radius 1 is 1.43 bits per heavy atom. The molecule has 0 radical (unpaired) electrons. The van der Waals surface area contributed by atoms with Crippen molar-refractivity contribution in [1.29, 1.82) is 0 Å². The zero-order valence-electron chi connectivity index (χ0n) is 9.02. The lowest BCUT2D eigenvalue weighted by Gasteiger charge is -2.12. The highest BCUT2D eigenvalue weighted by atomic mass is 32.2. The summed E-state index contributed by atoms with van der Waals surface area (Å²) >= 11 is 0. The zero-order valence-corrected chi connectivity index (χ0v) is 9.84. The minimum Gasteiger partial charge on any atom is -0.397 e. The molecule has 0 saturated carbocycles. The molecule has 0 fully saturated rings. The molecule has 0 spiro atoms. The van der Waals surface area contributed by atoms with Gasteiger partial charge in [-0.25, -0.2) is 4.21 Å². The van der Waals surface area contributed by atoms with Crippen LogP contribution in [0.1, 0.15) is 20.8 Å². The molecule has 4 nitrogen and oxygen atoms in total. The second-order valence-corrected chi connectivity index (χ2v) is 5.60. The van der Waals surface area contributed by atoms with E-state index in [1.165, 1.54) is 6.21 Å². The Morgan fingerprint density at radius 3 is 2.43 bits per heavy atom. The Hall–Kier alpha value is -0.970. The van der Waals surface area contributed by atoms with Gasteiger partial charge < -0.3 is 5.73 Å². The molecule has 80 valence electrons. The summed E-state index contributed by atoms with van der Waals surface area (Å²) < 4.78 is 14.9. The van der Waals surface area contributed by atoms with Crippen molar-refractivity contribution in [2.24, 2.45) is 15.1 Å². The maximum absolute atomic E-state index is 11.4. The van der Waals surface area contributed by atoms with E-state index in [-0.39, 0.29) is 4.75 Å². The first-order valence-electron chi connectivity index (χ1n) is 4.22. The summed E-state index contributed by atoms with van der Waals surface area (Å²) in [6.45, 7) is 5.57. The standard InChI is InChI=1S/C9H17N3OS/c1-9(2,3)14(13)12-7-8(10)5-6-11-4/h5-7H,10H2,1-4H3/t14-/m1/s1. The van der Waals surface area contributed by atoms with Crippen LogP contribution < -0.4 is 5.73 Å². The van der Waals surface area contributed by atoms with Crippen molar-refractivity contribution in [1.82, 2.24) is 0 Å². The third-order valence-corrected chi connectivity index (χ3v) is 2.58. The molecule has 14 heavy (non-hydrogen) atoms. The fourth-order valence-corrected chi connectivity index (χ4v) is 1.00. The number of aliphatic imine (C=N–C) groups is 1. The van der Waals surface area contributed by atoms with Crippen LogP contribution in [0, 0.1) is 0 Å². The average molecular weight is 215 g/mol. The van der Waals surface area contributed by atoms with Crippen molar-refractivity contribution in [3.05, 3.63) is 11.8 Å². The second kappa shape index (κ2) is 5.70. The van der Waals surface area contributed by atoms with E-state index in [0.29, 0.717) is 5.70 Å². The van der Waals surface area contributed by atoms with Crippen molar-refractivity contribution in [3.63, 3.8) is 0 Å². The van der Waals surface area contributed by atoms with Gasteiger partial charge in [-0.1, -0.05) is 0 Å². The zero-order chi connectivity index (χ0) is 11.2. The highest BCUT2D eigenvalue weighted by Gasteiger charge is 2.17. The van der Waals surface area contributed by atoms with Gasteiger partial charge in [0.15, 0.2) is 0 Å². The van der Waals surface area contributed by atoms with E-state index in [0.717, 1.165) is 0 Å². The quantitative estimate of drug-likeness (QED) is 0.715. The lowest BCUT2D eigenvalue weighted by atomic mass is 10.3. The summed E-state index contributed by atoms with van der Waals surface area (Å²) in [4.78, 5) is 3.73. The van der Waals surface area contributed by atoms with Crippen LogP contribution in [-0.4, -0.2) is 28.4 Å². The van der Waals surface area contributed by atoms with E-state index in [4.69, 9.17) is 5.73 Å². The van der Waals surface area contributed by atoms with Gasteiger partial charge in [-0.05, 0) is 26.8 Å². The van der Waals surface area contributed by atoms with Crippen LogP contribution in [0.3, 0.4) is 0 Å². The number of hydrogen-bond donors (Lipinski definition) is 1. The minimum absolute atomic E-state index is 0.352. The Morgan fingerprint density at radius 2 is 2.00 bits per heavy atom. The van der Waals surface area contributed by atoms with Crippen molar-refractivity contribution in [3.8, 4) is 0 Å². The monoisotopic (exact) mass is 215 g/mol. The Balaban J connectivity index is 4.39. The molecule has 0 rings (SSSR count). The smallest absolute Gasteiger partial charge is 0.144 e. The van der Waals surface area contributed by atoms with Crippen LogP contribution in [0.5, 0.6) is 0 Å².